The van der Waals surface area contributed by atoms with Gasteiger partial charge in [0.2, 0.25) is 0 Å². The van der Waals surface area contributed by atoms with Crippen molar-refractivity contribution in [3.05, 3.63) is 0 Å². The van der Waals surface area contributed by atoms with Gasteiger partial charge < -0.3 is 6.15 Å². The highest BCUT2D eigenvalue weighted by Gasteiger charge is 2.21. The molecule has 0 fully saturated rings. The SMILES string of the molecule is CCCCCCCCCCCCCCCCCCCCCC(CCCCCCCCCCC)S(=O)(=O)O.N. The van der Waals surface area contributed by atoms with Crippen molar-refractivity contribution in [1.29, 1.82) is 0 Å². The van der Waals surface area contributed by atoms with Crippen LogP contribution >= 0.6 is 0 Å². The summed E-state index contributed by atoms with van der Waals surface area (Å²) in [6.07, 6.45) is 38.0. The average Bonchev–Trinajstić information content (AvgIpc) is 2.87. The van der Waals surface area contributed by atoms with E-state index in [4.69, 9.17) is 0 Å². The van der Waals surface area contributed by atoms with Crippen molar-refractivity contribution in [2.75, 3.05) is 0 Å². The monoisotopic (exact) mass is 562 g/mol. The van der Waals surface area contributed by atoms with Crippen LogP contribution in [0.5, 0.6) is 0 Å². The Labute approximate surface area is 240 Å². The lowest BCUT2D eigenvalue weighted by atomic mass is 10.0. The Hall–Kier alpha value is -0.130. The molecule has 0 aliphatic rings. The van der Waals surface area contributed by atoms with Gasteiger partial charge in [-0.25, -0.2) is 0 Å². The first-order chi connectivity index (χ1) is 18.0. The minimum absolute atomic E-state index is 0. The summed E-state index contributed by atoms with van der Waals surface area (Å²) in [5, 5.41) is -0.539. The lowest BCUT2D eigenvalue weighted by molar-refractivity contribution is 0.442. The van der Waals surface area contributed by atoms with Crippen LogP contribution in [0.4, 0.5) is 0 Å². The quantitative estimate of drug-likeness (QED) is 0.0650. The molecule has 4 N–H and O–H groups in total. The zero-order valence-corrected chi connectivity index (χ0v) is 27.0. The van der Waals surface area contributed by atoms with Crippen LogP contribution in [0.3, 0.4) is 0 Å². The van der Waals surface area contributed by atoms with Gasteiger partial charge in [-0.2, -0.15) is 8.42 Å². The summed E-state index contributed by atoms with van der Waals surface area (Å²) in [7, 11) is -3.90. The topological polar surface area (TPSA) is 89.4 Å². The smallest absolute Gasteiger partial charge is 0.267 e. The molecule has 0 aromatic rings. The molecule has 5 heteroatoms. The molecule has 1 atom stereocenters. The first-order valence-electron chi connectivity index (χ1n) is 17.0. The van der Waals surface area contributed by atoms with Crippen molar-refractivity contribution in [2.45, 2.75) is 212 Å². The molecule has 0 bridgehead atoms. The van der Waals surface area contributed by atoms with Crippen molar-refractivity contribution >= 4 is 10.1 Å². The lowest BCUT2D eigenvalue weighted by Crippen LogP contribution is -2.20. The highest BCUT2D eigenvalue weighted by molar-refractivity contribution is 7.86. The molecule has 0 saturated carbocycles. The second kappa shape index (κ2) is 31.4. The minimum Gasteiger partial charge on any atom is -0.344 e. The van der Waals surface area contributed by atoms with Gasteiger partial charge in [-0.15, -0.1) is 0 Å². The second-order valence-corrected chi connectivity index (χ2v) is 13.6. The van der Waals surface area contributed by atoms with Gasteiger partial charge in [0.05, 0.1) is 5.25 Å². The van der Waals surface area contributed by atoms with Crippen LogP contribution in [0.1, 0.15) is 206 Å². The van der Waals surface area contributed by atoms with Crippen molar-refractivity contribution in [3.63, 3.8) is 0 Å². The van der Waals surface area contributed by atoms with E-state index >= 15 is 0 Å². The van der Waals surface area contributed by atoms with Gasteiger partial charge in [-0.1, -0.05) is 194 Å². The summed E-state index contributed by atoms with van der Waals surface area (Å²) in [5.41, 5.74) is 0. The van der Waals surface area contributed by atoms with E-state index in [-0.39, 0.29) is 6.15 Å². The first-order valence-corrected chi connectivity index (χ1v) is 18.5. The molecular weight excluding hydrogens is 490 g/mol. The summed E-state index contributed by atoms with van der Waals surface area (Å²) in [4.78, 5) is 0. The number of hydrogen-bond donors (Lipinski definition) is 2. The molecule has 0 saturated heterocycles. The zero-order valence-electron chi connectivity index (χ0n) is 26.2. The molecular formula is C33H71NO3S. The van der Waals surface area contributed by atoms with E-state index in [0.29, 0.717) is 12.8 Å². The van der Waals surface area contributed by atoms with Crippen LogP contribution in [0.15, 0.2) is 0 Å². The largest absolute Gasteiger partial charge is 0.344 e. The van der Waals surface area contributed by atoms with Gasteiger partial charge in [-0.05, 0) is 12.8 Å². The molecule has 0 aromatic carbocycles. The Bertz CT molecular complexity index is 538. The van der Waals surface area contributed by atoms with Crippen molar-refractivity contribution in [1.82, 2.24) is 6.15 Å². The van der Waals surface area contributed by atoms with E-state index in [2.05, 4.69) is 13.8 Å². The van der Waals surface area contributed by atoms with Crippen LogP contribution < -0.4 is 6.15 Å². The number of unbranched alkanes of at least 4 members (excludes halogenated alkanes) is 26. The highest BCUT2D eigenvalue weighted by atomic mass is 32.2. The van der Waals surface area contributed by atoms with E-state index in [1.54, 1.807) is 0 Å². The molecule has 0 radical (unpaired) electrons. The summed E-state index contributed by atoms with van der Waals surface area (Å²) in [6, 6.07) is 0. The molecule has 0 amide bonds. The molecule has 0 aliphatic carbocycles. The molecule has 0 heterocycles. The normalized spacial score (nSPS) is 12.5. The van der Waals surface area contributed by atoms with Crippen molar-refractivity contribution < 1.29 is 13.0 Å². The van der Waals surface area contributed by atoms with E-state index in [9.17, 15) is 13.0 Å². The van der Waals surface area contributed by atoms with Gasteiger partial charge in [-0.3, -0.25) is 4.55 Å². The van der Waals surface area contributed by atoms with E-state index < -0.39 is 15.4 Å². The predicted molar refractivity (Wildman–Crippen MR) is 170 cm³/mol. The fraction of sp³-hybridized carbons (Fsp3) is 1.00. The lowest BCUT2D eigenvalue weighted by Gasteiger charge is -2.13. The highest BCUT2D eigenvalue weighted by Crippen LogP contribution is 2.20. The van der Waals surface area contributed by atoms with Crippen molar-refractivity contribution in [2.24, 2.45) is 0 Å². The third-order valence-corrected chi connectivity index (χ3v) is 9.49. The predicted octanol–water partition coefficient (Wildman–Crippen LogP) is 12.1. The Kier molecular flexibility index (Phi) is 33.1. The van der Waals surface area contributed by atoms with Gasteiger partial charge in [0.25, 0.3) is 10.1 Å². The fourth-order valence-electron chi connectivity index (χ4n) is 5.58. The molecule has 232 valence electrons. The standard InChI is InChI=1S/C33H68O3S.H3N/c1-3-5-7-9-11-13-14-15-16-17-18-19-20-21-22-24-26-28-30-32-33(37(34,35)36)31-29-27-25-23-12-10-8-6-4-2;/h33H,3-32H2,1-2H3,(H,34,35,36);1H3. The molecule has 1 unspecified atom stereocenters. The maximum atomic E-state index is 11.8. The zero-order chi connectivity index (χ0) is 27.3. The Morgan fingerprint density at radius 3 is 0.763 bits per heavy atom. The average molecular weight is 562 g/mol. The van der Waals surface area contributed by atoms with E-state index in [1.165, 1.54) is 154 Å². The third-order valence-electron chi connectivity index (χ3n) is 8.18. The Balaban J connectivity index is 0. The van der Waals surface area contributed by atoms with Gasteiger partial charge in [0.1, 0.15) is 0 Å². The van der Waals surface area contributed by atoms with Gasteiger partial charge >= 0.3 is 0 Å². The molecule has 0 aliphatic heterocycles. The Morgan fingerprint density at radius 2 is 0.579 bits per heavy atom. The number of rotatable bonds is 31. The first kappa shape index (κ1) is 40.0. The molecule has 0 aromatic heterocycles. The van der Waals surface area contributed by atoms with E-state index in [1.807, 2.05) is 0 Å². The maximum Gasteiger partial charge on any atom is 0.267 e. The molecule has 38 heavy (non-hydrogen) atoms. The Morgan fingerprint density at radius 1 is 0.395 bits per heavy atom. The molecule has 4 nitrogen and oxygen atoms in total. The van der Waals surface area contributed by atoms with Crippen LogP contribution in [0, 0.1) is 0 Å². The molecule has 0 spiro atoms. The summed E-state index contributed by atoms with van der Waals surface area (Å²) in [6.45, 7) is 4.53. The summed E-state index contributed by atoms with van der Waals surface area (Å²) >= 11 is 0. The third kappa shape index (κ3) is 30.4. The fourth-order valence-corrected chi connectivity index (χ4v) is 6.50. The van der Waals surface area contributed by atoms with Gasteiger partial charge in [0.15, 0.2) is 0 Å². The minimum atomic E-state index is -3.90. The second-order valence-electron chi connectivity index (χ2n) is 11.9. The summed E-state index contributed by atoms with van der Waals surface area (Å²) < 4.78 is 33.2. The van der Waals surface area contributed by atoms with Crippen LogP contribution in [0.25, 0.3) is 0 Å². The van der Waals surface area contributed by atoms with Gasteiger partial charge in [0, 0.05) is 0 Å². The van der Waals surface area contributed by atoms with Crippen LogP contribution in [0.2, 0.25) is 0 Å². The van der Waals surface area contributed by atoms with Crippen molar-refractivity contribution in [3.8, 4) is 0 Å². The number of hydrogen-bond acceptors (Lipinski definition) is 3. The maximum absolute atomic E-state index is 11.8. The summed E-state index contributed by atoms with van der Waals surface area (Å²) in [5.74, 6) is 0. The van der Waals surface area contributed by atoms with E-state index in [0.717, 1.165) is 25.7 Å². The molecule has 0 rings (SSSR count). The van der Waals surface area contributed by atoms with Crippen LogP contribution in [-0.4, -0.2) is 18.2 Å². The van der Waals surface area contributed by atoms with Crippen LogP contribution in [-0.2, 0) is 10.1 Å².